The molecule has 5 heteroatoms. The number of fused-ring (bicyclic) bond motifs is 1. The van der Waals surface area contributed by atoms with E-state index in [0.29, 0.717) is 30.6 Å². The van der Waals surface area contributed by atoms with Crippen LogP contribution < -0.4 is 10.2 Å². The molecular formula is C14H20FN3O. The molecule has 19 heavy (non-hydrogen) atoms. The van der Waals surface area contributed by atoms with Crippen LogP contribution in [0.25, 0.3) is 0 Å². The molecule has 1 N–H and O–H groups in total. The number of aromatic nitrogens is 1. The molecule has 3 rings (SSSR count). The molecule has 0 amide bonds. The van der Waals surface area contributed by atoms with E-state index in [-0.39, 0.29) is 11.9 Å². The monoisotopic (exact) mass is 265 g/mol. The second-order valence-corrected chi connectivity index (χ2v) is 5.24. The van der Waals surface area contributed by atoms with Gasteiger partial charge >= 0.3 is 0 Å². The maximum absolute atomic E-state index is 14.5. The lowest BCUT2D eigenvalue weighted by molar-refractivity contribution is 0.0250. The third-order valence-electron chi connectivity index (χ3n) is 4.07. The topological polar surface area (TPSA) is 37.4 Å². The van der Waals surface area contributed by atoms with E-state index in [0.717, 1.165) is 25.8 Å². The van der Waals surface area contributed by atoms with Crippen LogP contribution in [-0.4, -0.2) is 37.3 Å². The van der Waals surface area contributed by atoms with Crippen LogP contribution in [0.1, 0.15) is 24.8 Å². The predicted octanol–water partition coefficient (Wildman–Crippen LogP) is 1.70. The molecule has 4 nitrogen and oxygen atoms in total. The summed E-state index contributed by atoms with van der Waals surface area (Å²) >= 11 is 0. The van der Waals surface area contributed by atoms with Gasteiger partial charge in [0.05, 0.1) is 18.8 Å². The van der Waals surface area contributed by atoms with Crippen molar-refractivity contribution in [3.05, 3.63) is 23.6 Å². The predicted molar refractivity (Wildman–Crippen MR) is 71.7 cm³/mol. The largest absolute Gasteiger partial charge is 0.374 e. The minimum atomic E-state index is -0.190. The highest BCUT2D eigenvalue weighted by molar-refractivity contribution is 5.45. The molecule has 1 aliphatic carbocycles. The number of morpholine rings is 1. The molecule has 1 saturated carbocycles. The number of halogens is 1. The summed E-state index contributed by atoms with van der Waals surface area (Å²) < 4.78 is 20.3. The van der Waals surface area contributed by atoms with Gasteiger partial charge < -0.3 is 15.0 Å². The van der Waals surface area contributed by atoms with E-state index < -0.39 is 0 Å². The number of nitrogens with zero attached hydrogens (tertiary/aromatic N) is 2. The van der Waals surface area contributed by atoms with Gasteiger partial charge in [0.1, 0.15) is 0 Å². The highest BCUT2D eigenvalue weighted by Crippen LogP contribution is 2.33. The zero-order valence-electron chi connectivity index (χ0n) is 11.2. The number of pyridine rings is 1. The standard InChI is InChI=1S/C14H20FN3O/c1-16-9-10-5-6-17-14(13(10)15)18-7-8-19-12-4-2-3-11(12)18/h5-6,11-12,16H,2-4,7-9H2,1H3. The van der Waals surface area contributed by atoms with E-state index in [4.69, 9.17) is 4.74 Å². The smallest absolute Gasteiger partial charge is 0.170 e. The molecular weight excluding hydrogens is 245 g/mol. The van der Waals surface area contributed by atoms with E-state index in [1.807, 2.05) is 7.05 Å². The first-order chi connectivity index (χ1) is 9.31. The second-order valence-electron chi connectivity index (χ2n) is 5.24. The van der Waals surface area contributed by atoms with Gasteiger partial charge in [0.15, 0.2) is 11.6 Å². The van der Waals surface area contributed by atoms with Crippen molar-refractivity contribution in [2.75, 3.05) is 25.1 Å². The molecule has 0 bridgehead atoms. The Morgan fingerprint density at radius 2 is 2.42 bits per heavy atom. The fraction of sp³-hybridized carbons (Fsp3) is 0.643. The average molecular weight is 265 g/mol. The van der Waals surface area contributed by atoms with E-state index in [1.165, 1.54) is 0 Å². The van der Waals surface area contributed by atoms with Gasteiger partial charge in [0, 0.05) is 24.8 Å². The Balaban J connectivity index is 1.90. The molecule has 2 fully saturated rings. The molecule has 2 aliphatic rings. The van der Waals surface area contributed by atoms with Crippen molar-refractivity contribution in [1.82, 2.24) is 10.3 Å². The molecule has 2 unspecified atom stereocenters. The van der Waals surface area contributed by atoms with Crippen molar-refractivity contribution in [2.45, 2.75) is 38.0 Å². The van der Waals surface area contributed by atoms with Crippen molar-refractivity contribution in [1.29, 1.82) is 0 Å². The van der Waals surface area contributed by atoms with Crippen LogP contribution >= 0.6 is 0 Å². The summed E-state index contributed by atoms with van der Waals surface area (Å²) in [7, 11) is 1.82. The quantitative estimate of drug-likeness (QED) is 0.902. The fourth-order valence-electron chi connectivity index (χ4n) is 3.19. The molecule has 1 aliphatic heterocycles. The minimum absolute atomic E-state index is 0.190. The molecule has 1 aromatic heterocycles. The number of anilines is 1. The van der Waals surface area contributed by atoms with Crippen LogP contribution in [0.5, 0.6) is 0 Å². The Morgan fingerprint density at radius 3 is 3.26 bits per heavy atom. The normalized spacial score (nSPS) is 26.5. The lowest BCUT2D eigenvalue weighted by Crippen LogP contribution is -2.49. The number of ether oxygens (including phenoxy) is 1. The third kappa shape index (κ3) is 2.32. The van der Waals surface area contributed by atoms with E-state index in [1.54, 1.807) is 12.3 Å². The SMILES string of the molecule is CNCc1ccnc(N2CCOC3CCCC32)c1F. The van der Waals surface area contributed by atoms with E-state index >= 15 is 0 Å². The number of hydrogen-bond acceptors (Lipinski definition) is 4. The first-order valence-electron chi connectivity index (χ1n) is 6.97. The van der Waals surface area contributed by atoms with Gasteiger partial charge in [0.2, 0.25) is 0 Å². The van der Waals surface area contributed by atoms with Crippen molar-refractivity contribution in [3.63, 3.8) is 0 Å². The van der Waals surface area contributed by atoms with Gasteiger partial charge in [-0.15, -0.1) is 0 Å². The van der Waals surface area contributed by atoms with Gasteiger partial charge in [-0.25, -0.2) is 9.37 Å². The zero-order chi connectivity index (χ0) is 13.2. The summed E-state index contributed by atoms with van der Waals surface area (Å²) in [5.74, 6) is 0.303. The van der Waals surface area contributed by atoms with Crippen LogP contribution in [0.2, 0.25) is 0 Å². The molecule has 1 saturated heterocycles. The Morgan fingerprint density at radius 1 is 1.53 bits per heavy atom. The first-order valence-corrected chi connectivity index (χ1v) is 6.97. The summed E-state index contributed by atoms with van der Waals surface area (Å²) in [6.07, 6.45) is 5.26. The minimum Gasteiger partial charge on any atom is -0.374 e. The third-order valence-corrected chi connectivity index (χ3v) is 4.07. The van der Waals surface area contributed by atoms with Gasteiger partial charge in [0.25, 0.3) is 0 Å². The zero-order valence-corrected chi connectivity index (χ0v) is 11.2. The van der Waals surface area contributed by atoms with Crippen molar-refractivity contribution >= 4 is 5.82 Å². The Bertz CT molecular complexity index is 454. The summed E-state index contributed by atoms with van der Waals surface area (Å²) in [5.41, 5.74) is 0.675. The number of rotatable bonds is 3. The number of hydrogen-bond donors (Lipinski definition) is 1. The van der Waals surface area contributed by atoms with Crippen LogP contribution in [0.4, 0.5) is 10.2 Å². The van der Waals surface area contributed by atoms with Crippen LogP contribution in [0.3, 0.4) is 0 Å². The molecule has 0 aromatic carbocycles. The fourth-order valence-corrected chi connectivity index (χ4v) is 3.19. The van der Waals surface area contributed by atoms with Gasteiger partial charge in [-0.1, -0.05) is 0 Å². The second kappa shape index (κ2) is 5.43. The summed E-state index contributed by atoms with van der Waals surface area (Å²) in [6, 6.07) is 2.03. The maximum atomic E-state index is 14.5. The summed E-state index contributed by atoms with van der Waals surface area (Å²) in [4.78, 5) is 6.38. The Hall–Kier alpha value is -1.20. The van der Waals surface area contributed by atoms with Crippen molar-refractivity contribution in [3.8, 4) is 0 Å². The lowest BCUT2D eigenvalue weighted by atomic mass is 10.1. The van der Waals surface area contributed by atoms with Gasteiger partial charge in [-0.3, -0.25) is 0 Å². The highest BCUT2D eigenvalue weighted by atomic mass is 19.1. The molecule has 0 radical (unpaired) electrons. The summed E-state index contributed by atoms with van der Waals surface area (Å²) in [6.45, 7) is 1.92. The van der Waals surface area contributed by atoms with Crippen molar-refractivity contribution in [2.24, 2.45) is 0 Å². The van der Waals surface area contributed by atoms with Gasteiger partial charge in [-0.2, -0.15) is 0 Å². The molecule has 2 heterocycles. The first kappa shape index (κ1) is 12.8. The maximum Gasteiger partial charge on any atom is 0.170 e. The van der Waals surface area contributed by atoms with Gasteiger partial charge in [-0.05, 0) is 32.4 Å². The lowest BCUT2D eigenvalue weighted by Gasteiger charge is -2.38. The molecule has 0 spiro atoms. The summed E-state index contributed by atoms with van der Waals surface area (Å²) in [5, 5.41) is 2.99. The van der Waals surface area contributed by atoms with Crippen LogP contribution in [0, 0.1) is 5.82 Å². The molecule has 2 atom stereocenters. The van der Waals surface area contributed by atoms with E-state index in [2.05, 4.69) is 15.2 Å². The molecule has 1 aromatic rings. The average Bonchev–Trinajstić information content (AvgIpc) is 2.90. The van der Waals surface area contributed by atoms with E-state index in [9.17, 15) is 4.39 Å². The number of nitrogens with one attached hydrogen (secondary N) is 1. The van der Waals surface area contributed by atoms with Crippen LogP contribution in [0.15, 0.2) is 12.3 Å². The van der Waals surface area contributed by atoms with Crippen LogP contribution in [-0.2, 0) is 11.3 Å². The Labute approximate surface area is 113 Å². The molecule has 104 valence electrons. The highest BCUT2D eigenvalue weighted by Gasteiger charge is 2.37. The van der Waals surface area contributed by atoms with Crippen molar-refractivity contribution < 1.29 is 9.13 Å². The Kier molecular flexibility index (Phi) is 3.66.